The van der Waals surface area contributed by atoms with Crippen molar-refractivity contribution in [2.75, 3.05) is 6.61 Å². The third-order valence-corrected chi connectivity index (χ3v) is 6.25. The van der Waals surface area contributed by atoms with Crippen LogP contribution in [0.3, 0.4) is 0 Å². The Balaban J connectivity index is 1.57. The largest absolute Gasteiger partial charge is 0.379 e. The first-order valence-corrected chi connectivity index (χ1v) is 13.0. The number of rotatable bonds is 14. The normalized spacial score (nSPS) is 12.2. The van der Waals surface area contributed by atoms with Gasteiger partial charge in [0.25, 0.3) is 0 Å². The van der Waals surface area contributed by atoms with Crippen LogP contribution in [0.25, 0.3) is 28.5 Å². The molecule has 1 atom stereocenters. The first kappa shape index (κ1) is 27.5. The Morgan fingerprint density at radius 3 is 2.42 bits per heavy atom. The van der Waals surface area contributed by atoms with E-state index in [1.165, 1.54) is 18.4 Å². The van der Waals surface area contributed by atoms with Crippen LogP contribution in [0.1, 0.15) is 63.5 Å². The second kappa shape index (κ2) is 14.4. The van der Waals surface area contributed by atoms with Gasteiger partial charge in [0.05, 0.1) is 11.8 Å². The number of halogens is 2. The van der Waals surface area contributed by atoms with E-state index in [-0.39, 0.29) is 17.2 Å². The van der Waals surface area contributed by atoms with Crippen molar-refractivity contribution in [3.63, 3.8) is 0 Å². The molecule has 0 spiro atoms. The zero-order valence-electron chi connectivity index (χ0n) is 21.5. The zero-order chi connectivity index (χ0) is 25.8. The molecule has 0 radical (unpaired) electrons. The maximum absolute atomic E-state index is 14.9. The third-order valence-electron chi connectivity index (χ3n) is 6.25. The predicted octanol–water partition coefficient (Wildman–Crippen LogP) is 9.20. The Labute approximate surface area is 214 Å². The highest BCUT2D eigenvalue weighted by molar-refractivity contribution is 5.69. The van der Waals surface area contributed by atoms with Gasteiger partial charge in [0, 0.05) is 35.1 Å². The molecule has 190 valence electrons. The molecule has 0 N–H and O–H groups in total. The molecule has 0 fully saturated rings. The van der Waals surface area contributed by atoms with E-state index in [1.54, 1.807) is 30.5 Å². The molecular weight excluding hydrogens is 452 g/mol. The molecule has 0 aliphatic heterocycles. The van der Waals surface area contributed by atoms with Crippen LogP contribution >= 0.6 is 0 Å². The molecule has 0 aliphatic rings. The highest BCUT2D eigenvalue weighted by Crippen LogP contribution is 2.28. The topological polar surface area (TPSA) is 22.1 Å². The summed E-state index contributed by atoms with van der Waals surface area (Å²) >= 11 is 0. The summed E-state index contributed by atoms with van der Waals surface area (Å²) in [5.41, 5.74) is 3.94. The molecule has 4 heteroatoms. The Kier molecular flexibility index (Phi) is 11.0. The van der Waals surface area contributed by atoms with E-state index in [0.717, 1.165) is 50.0 Å². The molecule has 0 aliphatic carbocycles. The van der Waals surface area contributed by atoms with Gasteiger partial charge >= 0.3 is 0 Å². The summed E-state index contributed by atoms with van der Waals surface area (Å²) in [6.07, 6.45) is 14.2. The van der Waals surface area contributed by atoms with E-state index in [2.05, 4.69) is 25.4 Å². The van der Waals surface area contributed by atoms with Crippen molar-refractivity contribution in [2.45, 2.75) is 64.9 Å². The van der Waals surface area contributed by atoms with E-state index >= 15 is 0 Å². The Bertz CT molecular complexity index is 1120. The van der Waals surface area contributed by atoms with Crippen LogP contribution in [0, 0.1) is 11.6 Å². The van der Waals surface area contributed by atoms with Crippen LogP contribution in [0.15, 0.2) is 73.5 Å². The molecule has 0 amide bonds. The SMILES string of the molecule is C=CCc1ccc(-c2ccc(-c3ccc(/C=C/CCCC(C)OCCCCC)c(F)c3F)cn2)cc1. The van der Waals surface area contributed by atoms with E-state index in [1.807, 2.05) is 42.5 Å². The molecular formula is C32H37F2NO. The van der Waals surface area contributed by atoms with Gasteiger partial charge < -0.3 is 4.74 Å². The summed E-state index contributed by atoms with van der Waals surface area (Å²) in [6, 6.07) is 14.9. The van der Waals surface area contributed by atoms with Gasteiger partial charge in [-0.05, 0) is 50.7 Å². The van der Waals surface area contributed by atoms with Crippen LogP contribution in [0.4, 0.5) is 8.78 Å². The molecule has 0 saturated carbocycles. The molecule has 2 nitrogen and oxygen atoms in total. The average molecular weight is 490 g/mol. The van der Waals surface area contributed by atoms with E-state index in [4.69, 9.17) is 4.74 Å². The monoisotopic (exact) mass is 489 g/mol. The number of nitrogens with zero attached hydrogens (tertiary/aromatic N) is 1. The summed E-state index contributed by atoms with van der Waals surface area (Å²) in [7, 11) is 0. The summed E-state index contributed by atoms with van der Waals surface area (Å²) in [4.78, 5) is 4.47. The van der Waals surface area contributed by atoms with Crippen LogP contribution in [-0.4, -0.2) is 17.7 Å². The fourth-order valence-corrected chi connectivity index (χ4v) is 4.07. The van der Waals surface area contributed by atoms with Gasteiger partial charge in [-0.25, -0.2) is 8.78 Å². The molecule has 2 aromatic carbocycles. The average Bonchev–Trinajstić information content (AvgIpc) is 2.90. The number of allylic oxidation sites excluding steroid dienone is 2. The molecule has 1 heterocycles. The van der Waals surface area contributed by atoms with E-state index in [0.29, 0.717) is 5.56 Å². The molecule has 36 heavy (non-hydrogen) atoms. The standard InChI is InChI=1S/C32H37F2NO/c1-4-6-10-22-36-24(3)12-8-7-9-13-27-18-20-29(32(34)31(27)33)28-19-21-30(35-23-28)26-16-14-25(11-5-2)15-17-26/h5,9,13-21,23-24H,2,4,6-8,10-12,22H2,1,3H3/b13-9+. The lowest BCUT2D eigenvalue weighted by molar-refractivity contribution is 0.0566. The second-order valence-corrected chi connectivity index (χ2v) is 9.17. The van der Waals surface area contributed by atoms with Crippen molar-refractivity contribution < 1.29 is 13.5 Å². The maximum Gasteiger partial charge on any atom is 0.167 e. The number of hydrogen-bond acceptors (Lipinski definition) is 2. The van der Waals surface area contributed by atoms with Crippen molar-refractivity contribution in [3.05, 3.63) is 96.2 Å². The van der Waals surface area contributed by atoms with Gasteiger partial charge in [-0.3, -0.25) is 4.98 Å². The van der Waals surface area contributed by atoms with Crippen LogP contribution in [0.2, 0.25) is 0 Å². The third kappa shape index (κ3) is 7.96. The molecule has 0 bridgehead atoms. The van der Waals surface area contributed by atoms with Crippen molar-refractivity contribution in [1.82, 2.24) is 4.98 Å². The molecule has 1 aromatic heterocycles. The number of ether oxygens (including phenoxy) is 1. The highest BCUT2D eigenvalue weighted by Gasteiger charge is 2.14. The fourth-order valence-electron chi connectivity index (χ4n) is 4.07. The van der Waals surface area contributed by atoms with Crippen LogP contribution in [-0.2, 0) is 11.2 Å². The van der Waals surface area contributed by atoms with Crippen molar-refractivity contribution in [1.29, 1.82) is 0 Å². The van der Waals surface area contributed by atoms with Crippen LogP contribution in [0.5, 0.6) is 0 Å². The van der Waals surface area contributed by atoms with Crippen molar-refractivity contribution >= 4 is 6.08 Å². The smallest absolute Gasteiger partial charge is 0.167 e. The Morgan fingerprint density at radius 2 is 1.72 bits per heavy atom. The Morgan fingerprint density at radius 1 is 0.944 bits per heavy atom. The van der Waals surface area contributed by atoms with Gasteiger partial charge in [-0.2, -0.15) is 0 Å². The van der Waals surface area contributed by atoms with E-state index in [9.17, 15) is 8.78 Å². The number of aromatic nitrogens is 1. The fraction of sp³-hybridized carbons (Fsp3) is 0.344. The molecule has 3 aromatic rings. The summed E-state index contributed by atoms with van der Waals surface area (Å²) in [6.45, 7) is 8.83. The Hall–Kier alpha value is -3.11. The van der Waals surface area contributed by atoms with Gasteiger partial charge in [0.1, 0.15) is 0 Å². The van der Waals surface area contributed by atoms with E-state index < -0.39 is 11.6 Å². The number of hydrogen-bond donors (Lipinski definition) is 0. The lowest BCUT2D eigenvalue weighted by Crippen LogP contribution is -2.08. The number of pyridine rings is 1. The van der Waals surface area contributed by atoms with Gasteiger partial charge in [-0.15, -0.1) is 6.58 Å². The molecule has 1 unspecified atom stereocenters. The zero-order valence-corrected chi connectivity index (χ0v) is 21.5. The van der Waals surface area contributed by atoms with Gasteiger partial charge in [0.2, 0.25) is 0 Å². The minimum Gasteiger partial charge on any atom is -0.379 e. The van der Waals surface area contributed by atoms with Crippen molar-refractivity contribution in [2.24, 2.45) is 0 Å². The van der Waals surface area contributed by atoms with Crippen LogP contribution < -0.4 is 0 Å². The quantitative estimate of drug-likeness (QED) is 0.166. The summed E-state index contributed by atoms with van der Waals surface area (Å²) < 4.78 is 35.4. The first-order chi connectivity index (χ1) is 17.5. The first-order valence-electron chi connectivity index (χ1n) is 13.0. The summed E-state index contributed by atoms with van der Waals surface area (Å²) in [5, 5.41) is 0. The minimum atomic E-state index is -0.852. The predicted molar refractivity (Wildman–Crippen MR) is 147 cm³/mol. The summed E-state index contributed by atoms with van der Waals surface area (Å²) in [5.74, 6) is -1.69. The van der Waals surface area contributed by atoms with Gasteiger partial charge in [0.15, 0.2) is 11.6 Å². The number of benzene rings is 2. The maximum atomic E-state index is 14.9. The van der Waals surface area contributed by atoms with Gasteiger partial charge in [-0.1, -0.05) is 80.5 Å². The van der Waals surface area contributed by atoms with Crippen molar-refractivity contribution in [3.8, 4) is 22.4 Å². The lowest BCUT2D eigenvalue weighted by Gasteiger charge is -2.12. The minimum absolute atomic E-state index is 0.207. The molecule has 3 rings (SSSR count). The molecule has 0 saturated heterocycles. The highest BCUT2D eigenvalue weighted by atomic mass is 19.2. The second-order valence-electron chi connectivity index (χ2n) is 9.17. The number of unbranched alkanes of at least 4 members (excludes halogenated alkanes) is 3. The lowest BCUT2D eigenvalue weighted by atomic mass is 10.0.